The fourth-order valence-corrected chi connectivity index (χ4v) is 4.97. The smallest absolute Gasteiger partial charge is 0.232 e. The van der Waals surface area contributed by atoms with Crippen LogP contribution in [0.3, 0.4) is 0 Å². The van der Waals surface area contributed by atoms with Gasteiger partial charge in [-0.05, 0) is 44.0 Å². The largest absolute Gasteiger partial charge is 0.490 e. The Bertz CT molecular complexity index is 1220. The van der Waals surface area contributed by atoms with Crippen molar-refractivity contribution in [3.05, 3.63) is 42.5 Å². The lowest BCUT2D eigenvalue weighted by atomic mass is 10.1. The lowest BCUT2D eigenvalue weighted by Crippen LogP contribution is -2.25. The van der Waals surface area contributed by atoms with Crippen LogP contribution in [0.25, 0.3) is 22.2 Å². The fourth-order valence-electron chi connectivity index (χ4n) is 4.33. The molecule has 7 nitrogen and oxygen atoms in total. The van der Waals surface area contributed by atoms with Crippen molar-refractivity contribution in [1.29, 1.82) is 0 Å². The SMILES string of the molecule is CCS(=O)(=O)Nc1ccc(-c2c(N)c3ccc(OC4CCOCC4)cc3n2C2CC2)cc1. The van der Waals surface area contributed by atoms with E-state index in [4.69, 9.17) is 15.2 Å². The number of fused-ring (bicyclic) bond motifs is 1. The first-order valence-corrected chi connectivity index (χ1v) is 12.9. The molecule has 170 valence electrons. The molecule has 2 heterocycles. The van der Waals surface area contributed by atoms with Crippen LogP contribution in [0, 0.1) is 0 Å². The van der Waals surface area contributed by atoms with Gasteiger partial charge in [0.2, 0.25) is 10.0 Å². The fraction of sp³-hybridized carbons (Fsp3) is 0.417. The highest BCUT2D eigenvalue weighted by molar-refractivity contribution is 7.92. The monoisotopic (exact) mass is 455 g/mol. The lowest BCUT2D eigenvalue weighted by molar-refractivity contribution is 0.0256. The van der Waals surface area contributed by atoms with Gasteiger partial charge >= 0.3 is 0 Å². The maximum atomic E-state index is 11.9. The van der Waals surface area contributed by atoms with Crippen LogP contribution in [0.4, 0.5) is 11.4 Å². The first-order valence-electron chi connectivity index (χ1n) is 11.2. The van der Waals surface area contributed by atoms with Crippen LogP contribution in [0.5, 0.6) is 5.75 Å². The van der Waals surface area contributed by atoms with Gasteiger partial charge in [-0.25, -0.2) is 8.42 Å². The Morgan fingerprint density at radius 2 is 1.81 bits per heavy atom. The Balaban J connectivity index is 1.51. The Morgan fingerprint density at radius 1 is 1.09 bits per heavy atom. The van der Waals surface area contributed by atoms with Crippen LogP contribution in [-0.2, 0) is 14.8 Å². The molecule has 0 unspecified atom stereocenters. The maximum absolute atomic E-state index is 11.9. The summed E-state index contributed by atoms with van der Waals surface area (Å²) in [6.45, 7) is 3.10. The number of nitrogen functional groups attached to an aromatic ring is 1. The van der Waals surface area contributed by atoms with Crippen molar-refractivity contribution in [2.24, 2.45) is 0 Å². The van der Waals surface area contributed by atoms with Crippen molar-refractivity contribution in [1.82, 2.24) is 4.57 Å². The van der Waals surface area contributed by atoms with Gasteiger partial charge in [0.25, 0.3) is 0 Å². The summed E-state index contributed by atoms with van der Waals surface area (Å²) in [5.41, 5.74) is 11.0. The van der Waals surface area contributed by atoms with E-state index in [0.717, 1.165) is 72.5 Å². The molecule has 0 bridgehead atoms. The number of benzene rings is 2. The quantitative estimate of drug-likeness (QED) is 0.545. The minimum atomic E-state index is -3.31. The van der Waals surface area contributed by atoms with E-state index < -0.39 is 10.0 Å². The molecule has 32 heavy (non-hydrogen) atoms. The number of sulfonamides is 1. The predicted octanol–water partition coefficient (Wildman–Crippen LogP) is 4.54. The zero-order valence-electron chi connectivity index (χ0n) is 18.2. The number of nitrogens with two attached hydrogens (primary N) is 1. The molecule has 1 saturated heterocycles. The zero-order chi connectivity index (χ0) is 22.3. The minimum absolute atomic E-state index is 0.0376. The summed E-state index contributed by atoms with van der Waals surface area (Å²) in [4.78, 5) is 0. The number of aromatic nitrogens is 1. The average Bonchev–Trinajstić information content (AvgIpc) is 3.59. The van der Waals surface area contributed by atoms with E-state index in [0.29, 0.717) is 11.7 Å². The molecular formula is C24H29N3O4S. The van der Waals surface area contributed by atoms with Crippen LogP contribution >= 0.6 is 0 Å². The molecule has 8 heteroatoms. The summed E-state index contributed by atoms with van der Waals surface area (Å²) in [6.07, 6.45) is 4.24. The standard InChI is InChI=1S/C24H29N3O4S/c1-2-32(28,29)26-17-5-3-16(4-6-17)24-23(25)21-10-9-20(31-19-11-13-30-14-12-19)15-22(21)27(24)18-7-8-18/h3-6,9-10,15,18-19,26H,2,7-8,11-14,25H2,1H3. The lowest BCUT2D eigenvalue weighted by Gasteiger charge is -2.23. The highest BCUT2D eigenvalue weighted by atomic mass is 32.2. The Labute approximate surface area is 188 Å². The van der Waals surface area contributed by atoms with Gasteiger partial charge < -0.3 is 19.8 Å². The molecule has 1 aliphatic heterocycles. The summed E-state index contributed by atoms with van der Waals surface area (Å²) < 4.78 is 40.3. The molecule has 1 saturated carbocycles. The topological polar surface area (TPSA) is 95.6 Å². The van der Waals surface area contributed by atoms with E-state index in [1.54, 1.807) is 19.1 Å². The van der Waals surface area contributed by atoms with E-state index in [2.05, 4.69) is 15.4 Å². The summed E-state index contributed by atoms with van der Waals surface area (Å²) >= 11 is 0. The van der Waals surface area contributed by atoms with Gasteiger partial charge in [0, 0.05) is 41.6 Å². The van der Waals surface area contributed by atoms with E-state index in [-0.39, 0.29) is 11.9 Å². The number of nitrogens with zero attached hydrogens (tertiary/aromatic N) is 1. The van der Waals surface area contributed by atoms with Crippen molar-refractivity contribution in [3.63, 3.8) is 0 Å². The van der Waals surface area contributed by atoms with Gasteiger partial charge in [0.1, 0.15) is 11.9 Å². The Kier molecular flexibility index (Phi) is 5.51. The van der Waals surface area contributed by atoms with Crippen molar-refractivity contribution in [2.45, 2.75) is 44.8 Å². The third kappa shape index (κ3) is 4.17. The molecule has 5 rings (SSSR count). The van der Waals surface area contributed by atoms with Gasteiger partial charge in [-0.1, -0.05) is 12.1 Å². The summed E-state index contributed by atoms with van der Waals surface area (Å²) in [7, 11) is -3.31. The van der Waals surface area contributed by atoms with Gasteiger partial charge in [-0.3, -0.25) is 4.72 Å². The number of hydrogen-bond donors (Lipinski definition) is 2. The molecule has 2 fully saturated rings. The number of rotatable bonds is 7. The molecule has 0 atom stereocenters. The Morgan fingerprint density at radius 3 is 2.47 bits per heavy atom. The van der Waals surface area contributed by atoms with Crippen LogP contribution < -0.4 is 15.2 Å². The molecule has 2 aliphatic rings. The molecule has 1 aliphatic carbocycles. The summed E-state index contributed by atoms with van der Waals surface area (Å²) in [5, 5.41) is 1.02. The van der Waals surface area contributed by atoms with Crippen molar-refractivity contribution in [2.75, 3.05) is 29.4 Å². The third-order valence-electron chi connectivity index (χ3n) is 6.21. The van der Waals surface area contributed by atoms with E-state index in [1.165, 1.54) is 0 Å². The minimum Gasteiger partial charge on any atom is -0.490 e. The third-order valence-corrected chi connectivity index (χ3v) is 7.52. The molecule has 3 aromatic rings. The van der Waals surface area contributed by atoms with Gasteiger partial charge in [-0.15, -0.1) is 0 Å². The van der Waals surface area contributed by atoms with Crippen LogP contribution in [0.15, 0.2) is 42.5 Å². The maximum Gasteiger partial charge on any atom is 0.232 e. The van der Waals surface area contributed by atoms with Gasteiger partial charge in [0.05, 0.1) is 35.9 Å². The number of hydrogen-bond acceptors (Lipinski definition) is 5. The highest BCUT2D eigenvalue weighted by Gasteiger charge is 2.30. The number of nitrogens with one attached hydrogen (secondary N) is 1. The predicted molar refractivity (Wildman–Crippen MR) is 128 cm³/mol. The molecule has 3 N–H and O–H groups in total. The molecular weight excluding hydrogens is 426 g/mol. The first-order chi connectivity index (χ1) is 15.4. The Hall–Kier alpha value is -2.71. The van der Waals surface area contributed by atoms with E-state index in [1.807, 2.05) is 24.3 Å². The van der Waals surface area contributed by atoms with Crippen molar-refractivity contribution in [3.8, 4) is 17.0 Å². The number of ether oxygens (including phenoxy) is 2. The number of anilines is 2. The molecule has 0 spiro atoms. The second kappa shape index (κ2) is 8.33. The van der Waals surface area contributed by atoms with E-state index in [9.17, 15) is 8.42 Å². The normalized spacial score (nSPS) is 17.5. The highest BCUT2D eigenvalue weighted by Crippen LogP contribution is 2.47. The van der Waals surface area contributed by atoms with Crippen molar-refractivity contribution >= 4 is 32.3 Å². The first kappa shape index (κ1) is 21.2. The van der Waals surface area contributed by atoms with Gasteiger partial charge in [0.15, 0.2) is 0 Å². The zero-order valence-corrected chi connectivity index (χ0v) is 19.0. The van der Waals surface area contributed by atoms with Crippen LogP contribution in [-0.4, -0.2) is 38.1 Å². The molecule has 0 amide bonds. The van der Waals surface area contributed by atoms with Crippen LogP contribution in [0.1, 0.15) is 38.6 Å². The summed E-state index contributed by atoms with van der Waals surface area (Å²) in [5.74, 6) is 0.898. The molecule has 1 aromatic heterocycles. The second-order valence-electron chi connectivity index (χ2n) is 8.55. The van der Waals surface area contributed by atoms with Crippen molar-refractivity contribution < 1.29 is 17.9 Å². The summed E-state index contributed by atoms with van der Waals surface area (Å²) in [6, 6.07) is 14.0. The van der Waals surface area contributed by atoms with Gasteiger partial charge in [-0.2, -0.15) is 0 Å². The second-order valence-corrected chi connectivity index (χ2v) is 10.6. The molecule has 0 radical (unpaired) electrons. The van der Waals surface area contributed by atoms with Crippen LogP contribution in [0.2, 0.25) is 0 Å². The molecule has 2 aromatic carbocycles. The average molecular weight is 456 g/mol. The van der Waals surface area contributed by atoms with E-state index >= 15 is 0 Å².